The summed E-state index contributed by atoms with van der Waals surface area (Å²) in [5, 5.41) is 2.57. The SMILES string of the molecule is C.CC(C)c1ccc2cc(C#CC(C)(C)C)ccc2c1. The molecule has 2 aromatic rings. The summed E-state index contributed by atoms with van der Waals surface area (Å²) in [4.78, 5) is 0. The molecule has 0 fully saturated rings. The first kappa shape index (κ1) is 16.3. The van der Waals surface area contributed by atoms with Crippen LogP contribution in [-0.4, -0.2) is 0 Å². The van der Waals surface area contributed by atoms with Crippen molar-refractivity contribution < 1.29 is 0 Å². The number of fused-ring (bicyclic) bond motifs is 1. The van der Waals surface area contributed by atoms with E-state index < -0.39 is 0 Å². The molecule has 0 spiro atoms. The maximum atomic E-state index is 3.28. The Morgan fingerprint density at radius 1 is 0.900 bits per heavy atom. The smallest absolute Gasteiger partial charge is 0.0251 e. The molecule has 0 saturated carbocycles. The highest BCUT2D eigenvalue weighted by Crippen LogP contribution is 2.22. The third-order valence-corrected chi connectivity index (χ3v) is 3.11. The van der Waals surface area contributed by atoms with E-state index in [1.54, 1.807) is 0 Å². The first-order valence-electron chi connectivity index (χ1n) is 6.92. The predicted molar refractivity (Wildman–Crippen MR) is 91.1 cm³/mol. The number of rotatable bonds is 1. The minimum Gasteiger partial charge on any atom is -0.0920 e. The van der Waals surface area contributed by atoms with Crippen molar-refractivity contribution in [2.45, 2.75) is 48.0 Å². The Morgan fingerprint density at radius 3 is 2.10 bits per heavy atom. The summed E-state index contributed by atoms with van der Waals surface area (Å²) in [6.07, 6.45) is 0. The van der Waals surface area contributed by atoms with Crippen LogP contribution in [0, 0.1) is 17.3 Å². The summed E-state index contributed by atoms with van der Waals surface area (Å²) in [6.45, 7) is 10.9. The van der Waals surface area contributed by atoms with Crippen LogP contribution in [0.25, 0.3) is 10.8 Å². The van der Waals surface area contributed by atoms with Gasteiger partial charge in [-0.05, 0) is 55.2 Å². The van der Waals surface area contributed by atoms with E-state index in [2.05, 4.69) is 82.9 Å². The molecular weight excluding hydrogens is 240 g/mol. The molecular formula is C20H26. The van der Waals surface area contributed by atoms with Gasteiger partial charge in [0.15, 0.2) is 0 Å². The van der Waals surface area contributed by atoms with Gasteiger partial charge in [-0.2, -0.15) is 0 Å². The van der Waals surface area contributed by atoms with Crippen LogP contribution in [0.15, 0.2) is 36.4 Å². The lowest BCUT2D eigenvalue weighted by molar-refractivity contribution is 0.571. The molecule has 0 amide bonds. The predicted octanol–water partition coefficient (Wildman–Crippen LogP) is 6.00. The lowest BCUT2D eigenvalue weighted by Gasteiger charge is -2.08. The van der Waals surface area contributed by atoms with Gasteiger partial charge in [-0.15, -0.1) is 0 Å². The van der Waals surface area contributed by atoms with Crippen molar-refractivity contribution >= 4 is 10.8 Å². The minimum absolute atomic E-state index is 0. The number of hydrogen-bond donors (Lipinski definition) is 0. The lowest BCUT2D eigenvalue weighted by Crippen LogP contribution is -1.99. The number of benzene rings is 2. The molecule has 0 saturated heterocycles. The molecule has 0 aliphatic carbocycles. The molecule has 106 valence electrons. The molecule has 0 aromatic heterocycles. The third-order valence-electron chi connectivity index (χ3n) is 3.11. The molecule has 2 aromatic carbocycles. The highest BCUT2D eigenvalue weighted by molar-refractivity contribution is 5.84. The zero-order chi connectivity index (χ0) is 14.0. The summed E-state index contributed by atoms with van der Waals surface area (Å²) in [5.41, 5.74) is 2.54. The average Bonchev–Trinajstić information content (AvgIpc) is 2.34. The Kier molecular flexibility index (Phi) is 5.01. The van der Waals surface area contributed by atoms with Gasteiger partial charge in [0.1, 0.15) is 0 Å². The van der Waals surface area contributed by atoms with Gasteiger partial charge in [-0.3, -0.25) is 0 Å². The fourth-order valence-corrected chi connectivity index (χ4v) is 1.96. The standard InChI is InChI=1S/C19H22.CH4/c1-14(2)16-8-9-17-12-15(6-7-18(17)13-16)10-11-19(3,4)5;/h6-9,12-14H,1-5H3;1H4. The van der Waals surface area contributed by atoms with Gasteiger partial charge in [-0.25, -0.2) is 0 Å². The van der Waals surface area contributed by atoms with E-state index in [0.29, 0.717) is 5.92 Å². The number of hydrogen-bond acceptors (Lipinski definition) is 0. The van der Waals surface area contributed by atoms with Gasteiger partial charge in [0.2, 0.25) is 0 Å². The van der Waals surface area contributed by atoms with Crippen LogP contribution < -0.4 is 0 Å². The average molecular weight is 266 g/mol. The molecule has 0 radical (unpaired) electrons. The first-order valence-corrected chi connectivity index (χ1v) is 6.92. The summed E-state index contributed by atoms with van der Waals surface area (Å²) in [7, 11) is 0. The maximum Gasteiger partial charge on any atom is 0.0251 e. The van der Waals surface area contributed by atoms with Crippen molar-refractivity contribution in [1.82, 2.24) is 0 Å². The van der Waals surface area contributed by atoms with Crippen molar-refractivity contribution in [3.05, 3.63) is 47.5 Å². The summed E-state index contributed by atoms with van der Waals surface area (Å²) < 4.78 is 0. The third kappa shape index (κ3) is 4.14. The highest BCUT2D eigenvalue weighted by atomic mass is 14.1. The van der Waals surface area contributed by atoms with Crippen LogP contribution in [0.1, 0.15) is 59.1 Å². The van der Waals surface area contributed by atoms with Crippen molar-refractivity contribution in [3.8, 4) is 11.8 Å². The second kappa shape index (κ2) is 6.14. The fourth-order valence-electron chi connectivity index (χ4n) is 1.96. The summed E-state index contributed by atoms with van der Waals surface area (Å²) in [6, 6.07) is 13.2. The van der Waals surface area contributed by atoms with E-state index >= 15 is 0 Å². The Morgan fingerprint density at radius 2 is 1.50 bits per heavy atom. The van der Waals surface area contributed by atoms with Crippen LogP contribution in [-0.2, 0) is 0 Å². The molecule has 0 atom stereocenters. The van der Waals surface area contributed by atoms with Crippen molar-refractivity contribution in [1.29, 1.82) is 0 Å². The van der Waals surface area contributed by atoms with Crippen LogP contribution in [0.2, 0.25) is 0 Å². The van der Waals surface area contributed by atoms with Gasteiger partial charge in [0, 0.05) is 11.0 Å². The van der Waals surface area contributed by atoms with Crippen LogP contribution in [0.4, 0.5) is 0 Å². The van der Waals surface area contributed by atoms with E-state index in [9.17, 15) is 0 Å². The van der Waals surface area contributed by atoms with Gasteiger partial charge < -0.3 is 0 Å². The molecule has 0 nitrogen and oxygen atoms in total. The topological polar surface area (TPSA) is 0 Å². The molecule has 20 heavy (non-hydrogen) atoms. The zero-order valence-electron chi connectivity index (χ0n) is 12.5. The van der Waals surface area contributed by atoms with Crippen LogP contribution in [0.5, 0.6) is 0 Å². The van der Waals surface area contributed by atoms with Gasteiger partial charge in [0.05, 0.1) is 0 Å². The van der Waals surface area contributed by atoms with Crippen molar-refractivity contribution in [2.75, 3.05) is 0 Å². The summed E-state index contributed by atoms with van der Waals surface area (Å²) >= 11 is 0. The Balaban J connectivity index is 0.00000200. The van der Waals surface area contributed by atoms with Crippen molar-refractivity contribution in [3.63, 3.8) is 0 Å². The maximum absolute atomic E-state index is 3.28. The highest BCUT2D eigenvalue weighted by Gasteiger charge is 2.04. The van der Waals surface area contributed by atoms with E-state index in [-0.39, 0.29) is 12.8 Å². The van der Waals surface area contributed by atoms with E-state index in [4.69, 9.17) is 0 Å². The quantitative estimate of drug-likeness (QED) is 0.555. The summed E-state index contributed by atoms with van der Waals surface area (Å²) in [5.74, 6) is 7.12. The van der Waals surface area contributed by atoms with Crippen molar-refractivity contribution in [2.24, 2.45) is 5.41 Å². The van der Waals surface area contributed by atoms with E-state index in [1.807, 2.05) is 0 Å². The molecule has 2 rings (SSSR count). The van der Waals surface area contributed by atoms with Gasteiger partial charge in [0.25, 0.3) is 0 Å². The first-order chi connectivity index (χ1) is 8.85. The monoisotopic (exact) mass is 266 g/mol. The fraction of sp³-hybridized carbons (Fsp3) is 0.400. The molecule has 0 heteroatoms. The lowest BCUT2D eigenvalue weighted by atomic mass is 9.96. The van der Waals surface area contributed by atoms with Crippen LogP contribution >= 0.6 is 0 Å². The second-order valence-electron chi connectivity index (χ2n) is 6.48. The molecule has 0 bridgehead atoms. The molecule has 0 heterocycles. The molecule has 0 aliphatic heterocycles. The minimum atomic E-state index is 0. The van der Waals surface area contributed by atoms with Crippen LogP contribution in [0.3, 0.4) is 0 Å². The second-order valence-corrected chi connectivity index (χ2v) is 6.48. The molecule has 0 aliphatic rings. The Hall–Kier alpha value is -1.74. The van der Waals surface area contributed by atoms with E-state index in [1.165, 1.54) is 16.3 Å². The zero-order valence-corrected chi connectivity index (χ0v) is 12.5. The van der Waals surface area contributed by atoms with Gasteiger partial charge >= 0.3 is 0 Å². The largest absolute Gasteiger partial charge is 0.0920 e. The normalized spacial score (nSPS) is 10.9. The Labute approximate surface area is 124 Å². The Bertz CT molecular complexity index is 643. The van der Waals surface area contributed by atoms with Gasteiger partial charge in [-0.1, -0.05) is 57.4 Å². The molecule has 0 N–H and O–H groups in total. The van der Waals surface area contributed by atoms with E-state index in [0.717, 1.165) is 5.56 Å². The molecule has 0 unspecified atom stereocenters.